The Morgan fingerprint density at radius 2 is 2.19 bits per heavy atom. The van der Waals surface area contributed by atoms with Crippen LogP contribution in [0.1, 0.15) is 12.0 Å². The largest absolute Gasteiger partial charge is 0.481 e. The van der Waals surface area contributed by atoms with Crippen LogP contribution in [0.5, 0.6) is 0 Å². The summed E-state index contributed by atoms with van der Waals surface area (Å²) in [7, 11) is 0. The molecule has 112 valence electrons. The maximum absolute atomic E-state index is 13.1. The molecule has 1 atom stereocenters. The lowest BCUT2D eigenvalue weighted by molar-refractivity contribution is -0.141. The Hall–Kier alpha value is -2.44. The molecule has 7 heteroatoms. The maximum Gasteiger partial charge on any atom is 0.308 e. The van der Waals surface area contributed by atoms with E-state index >= 15 is 0 Å². The van der Waals surface area contributed by atoms with E-state index in [4.69, 9.17) is 5.11 Å². The van der Waals surface area contributed by atoms with Crippen LogP contribution in [0.25, 0.3) is 0 Å². The van der Waals surface area contributed by atoms with E-state index in [2.05, 4.69) is 5.32 Å². The highest BCUT2D eigenvalue weighted by Crippen LogP contribution is 2.19. The van der Waals surface area contributed by atoms with Crippen molar-refractivity contribution in [3.63, 3.8) is 0 Å². The number of hydrogen-bond acceptors (Lipinski definition) is 3. The molecule has 1 aliphatic rings. The maximum atomic E-state index is 13.1. The fourth-order valence-electron chi connectivity index (χ4n) is 2.18. The van der Waals surface area contributed by atoms with E-state index in [1.54, 1.807) is 6.92 Å². The van der Waals surface area contributed by atoms with Gasteiger partial charge < -0.3 is 15.3 Å². The topological polar surface area (TPSA) is 86.7 Å². The molecule has 0 aromatic heterocycles. The second-order valence-electron chi connectivity index (χ2n) is 5.02. The summed E-state index contributed by atoms with van der Waals surface area (Å²) in [6.45, 7) is 1.50. The van der Waals surface area contributed by atoms with Crippen molar-refractivity contribution in [2.75, 3.05) is 18.4 Å². The molecule has 21 heavy (non-hydrogen) atoms. The zero-order chi connectivity index (χ0) is 15.6. The van der Waals surface area contributed by atoms with Gasteiger partial charge in [0.25, 0.3) is 0 Å². The molecule has 0 saturated carbocycles. The summed E-state index contributed by atoms with van der Waals surface area (Å²) >= 11 is 0. The Morgan fingerprint density at radius 3 is 2.81 bits per heavy atom. The third kappa shape index (κ3) is 3.56. The molecular weight excluding hydrogens is 279 g/mol. The molecular formula is C14H15FN2O4. The fraction of sp³-hybridized carbons (Fsp3) is 0.357. The number of nitrogens with zero attached hydrogens (tertiary/aromatic N) is 1. The van der Waals surface area contributed by atoms with Crippen LogP contribution in [-0.4, -0.2) is 40.9 Å². The molecule has 2 rings (SSSR count). The average Bonchev–Trinajstić information content (AvgIpc) is 2.75. The van der Waals surface area contributed by atoms with Crippen molar-refractivity contribution in [3.8, 4) is 0 Å². The summed E-state index contributed by atoms with van der Waals surface area (Å²) in [5.41, 5.74) is 1.03. The van der Waals surface area contributed by atoms with Gasteiger partial charge in [-0.2, -0.15) is 0 Å². The molecule has 1 aromatic rings. The van der Waals surface area contributed by atoms with Crippen molar-refractivity contribution in [3.05, 3.63) is 29.6 Å². The van der Waals surface area contributed by atoms with Gasteiger partial charge in [-0.05, 0) is 24.6 Å². The predicted molar refractivity (Wildman–Crippen MR) is 72.1 cm³/mol. The molecule has 0 bridgehead atoms. The van der Waals surface area contributed by atoms with Crippen molar-refractivity contribution in [1.29, 1.82) is 0 Å². The number of rotatable bonds is 4. The van der Waals surface area contributed by atoms with Gasteiger partial charge in [0.1, 0.15) is 5.82 Å². The summed E-state index contributed by atoms with van der Waals surface area (Å²) in [4.78, 5) is 35.5. The van der Waals surface area contributed by atoms with E-state index in [1.807, 2.05) is 0 Å². The van der Waals surface area contributed by atoms with Gasteiger partial charge in [-0.1, -0.05) is 6.07 Å². The number of carbonyl (C=O) groups is 3. The summed E-state index contributed by atoms with van der Waals surface area (Å²) in [6, 6.07) is 4.01. The Bertz CT molecular complexity index is 603. The van der Waals surface area contributed by atoms with Gasteiger partial charge in [-0.25, -0.2) is 4.39 Å². The van der Waals surface area contributed by atoms with Gasteiger partial charge in [0.15, 0.2) is 0 Å². The van der Waals surface area contributed by atoms with Gasteiger partial charge in [0, 0.05) is 18.7 Å². The lowest BCUT2D eigenvalue weighted by Gasteiger charge is -2.16. The molecule has 1 aromatic carbocycles. The number of carbonyl (C=O) groups excluding carboxylic acids is 2. The van der Waals surface area contributed by atoms with Crippen LogP contribution < -0.4 is 5.32 Å². The first-order chi connectivity index (χ1) is 9.86. The van der Waals surface area contributed by atoms with Crippen LogP contribution in [0.4, 0.5) is 10.1 Å². The second-order valence-corrected chi connectivity index (χ2v) is 5.02. The number of carboxylic acids is 1. The van der Waals surface area contributed by atoms with Crippen molar-refractivity contribution < 1.29 is 23.9 Å². The fourth-order valence-corrected chi connectivity index (χ4v) is 2.18. The van der Waals surface area contributed by atoms with Crippen molar-refractivity contribution in [2.24, 2.45) is 5.92 Å². The standard InChI is InChI=1S/C14H15FN2O4/c1-8-2-3-10(15)5-11(8)16-12(18)7-17-6-9(14(20)21)4-13(17)19/h2-3,5,9H,4,6-7H2,1H3,(H,16,18)(H,20,21). The van der Waals surface area contributed by atoms with Crippen LogP contribution in [-0.2, 0) is 14.4 Å². The van der Waals surface area contributed by atoms with Crippen LogP contribution >= 0.6 is 0 Å². The van der Waals surface area contributed by atoms with Crippen molar-refractivity contribution >= 4 is 23.5 Å². The lowest BCUT2D eigenvalue weighted by Crippen LogP contribution is -2.35. The molecule has 0 aliphatic carbocycles. The smallest absolute Gasteiger partial charge is 0.308 e. The normalized spacial score (nSPS) is 17.9. The number of halogens is 1. The van der Waals surface area contributed by atoms with E-state index in [0.717, 1.165) is 0 Å². The number of benzene rings is 1. The molecule has 2 N–H and O–H groups in total. The molecule has 0 radical (unpaired) electrons. The number of aryl methyl sites for hydroxylation is 1. The first kappa shape index (κ1) is 15.0. The third-order valence-electron chi connectivity index (χ3n) is 3.37. The zero-order valence-corrected chi connectivity index (χ0v) is 11.4. The Labute approximate surface area is 120 Å². The van der Waals surface area contributed by atoms with E-state index < -0.39 is 23.6 Å². The number of aliphatic carboxylic acids is 1. The van der Waals surface area contributed by atoms with Crippen LogP contribution in [0.2, 0.25) is 0 Å². The summed E-state index contributed by atoms with van der Waals surface area (Å²) in [6.07, 6.45) is -0.0956. The van der Waals surface area contributed by atoms with Crippen LogP contribution in [0, 0.1) is 18.7 Å². The molecule has 6 nitrogen and oxygen atoms in total. The third-order valence-corrected chi connectivity index (χ3v) is 3.37. The highest BCUT2D eigenvalue weighted by atomic mass is 19.1. The first-order valence-electron chi connectivity index (χ1n) is 6.43. The molecule has 1 heterocycles. The van der Waals surface area contributed by atoms with Gasteiger partial charge in [0.2, 0.25) is 11.8 Å². The van der Waals surface area contributed by atoms with Gasteiger partial charge in [-0.15, -0.1) is 0 Å². The van der Waals surface area contributed by atoms with Gasteiger partial charge in [0.05, 0.1) is 12.5 Å². The van der Waals surface area contributed by atoms with E-state index in [9.17, 15) is 18.8 Å². The average molecular weight is 294 g/mol. The summed E-state index contributed by atoms with van der Waals surface area (Å²) in [5, 5.41) is 11.4. The first-order valence-corrected chi connectivity index (χ1v) is 6.43. The predicted octanol–water partition coefficient (Wildman–Crippen LogP) is 1.01. The van der Waals surface area contributed by atoms with E-state index in [1.165, 1.54) is 23.1 Å². The minimum Gasteiger partial charge on any atom is -0.481 e. The van der Waals surface area contributed by atoms with E-state index in [-0.39, 0.29) is 25.4 Å². The molecule has 1 unspecified atom stereocenters. The minimum absolute atomic E-state index is 0.0176. The monoisotopic (exact) mass is 294 g/mol. The van der Waals surface area contributed by atoms with Crippen LogP contribution in [0.15, 0.2) is 18.2 Å². The highest BCUT2D eigenvalue weighted by Gasteiger charge is 2.35. The summed E-state index contributed by atoms with van der Waals surface area (Å²) in [5.74, 6) is -3.15. The molecule has 0 spiro atoms. The van der Waals surface area contributed by atoms with Crippen molar-refractivity contribution in [1.82, 2.24) is 4.90 Å². The minimum atomic E-state index is -1.05. The quantitative estimate of drug-likeness (QED) is 0.867. The lowest BCUT2D eigenvalue weighted by atomic mass is 10.1. The number of hydrogen-bond donors (Lipinski definition) is 2. The molecule has 1 fully saturated rings. The van der Waals surface area contributed by atoms with Crippen LogP contribution in [0.3, 0.4) is 0 Å². The number of anilines is 1. The molecule has 1 aliphatic heterocycles. The van der Waals surface area contributed by atoms with Gasteiger partial charge >= 0.3 is 5.97 Å². The zero-order valence-electron chi connectivity index (χ0n) is 11.4. The number of amides is 2. The molecule has 2 amide bonds. The Morgan fingerprint density at radius 1 is 1.48 bits per heavy atom. The Balaban J connectivity index is 1.98. The number of likely N-dealkylation sites (tertiary alicyclic amines) is 1. The van der Waals surface area contributed by atoms with Crippen molar-refractivity contribution in [2.45, 2.75) is 13.3 Å². The van der Waals surface area contributed by atoms with Gasteiger partial charge in [-0.3, -0.25) is 14.4 Å². The second kappa shape index (κ2) is 5.90. The SMILES string of the molecule is Cc1ccc(F)cc1NC(=O)CN1CC(C(=O)O)CC1=O. The number of carboxylic acid groups (broad SMARTS) is 1. The summed E-state index contributed by atoms with van der Waals surface area (Å²) < 4.78 is 13.1. The van der Waals surface area contributed by atoms with E-state index in [0.29, 0.717) is 11.3 Å². The highest BCUT2D eigenvalue weighted by molar-refractivity contribution is 5.96. The number of nitrogens with one attached hydrogen (secondary N) is 1. The Kier molecular flexibility index (Phi) is 4.21. The molecule has 1 saturated heterocycles.